The number of nitrogens with zero attached hydrogens (tertiary/aromatic N) is 1. The van der Waals surface area contributed by atoms with Crippen molar-refractivity contribution in [2.45, 2.75) is 6.54 Å². The Morgan fingerprint density at radius 2 is 2.19 bits per heavy atom. The number of ether oxygens (including phenoxy) is 1. The number of benzene rings is 1. The van der Waals surface area contributed by atoms with Crippen LogP contribution in [0.1, 0.15) is 5.56 Å². The number of rotatable bonds is 3. The second-order valence-corrected chi connectivity index (χ2v) is 3.67. The minimum absolute atomic E-state index is 0.465. The summed E-state index contributed by atoms with van der Waals surface area (Å²) in [5.74, 6) is 1.26. The summed E-state index contributed by atoms with van der Waals surface area (Å²) < 4.78 is 5.57. The molecule has 0 fully saturated rings. The predicted octanol–water partition coefficient (Wildman–Crippen LogP) is 2.99. The summed E-state index contributed by atoms with van der Waals surface area (Å²) in [4.78, 5) is 3.96. The van der Waals surface area contributed by atoms with E-state index in [1.165, 1.54) is 0 Å². The number of halogens is 1. The lowest BCUT2D eigenvalue weighted by Crippen LogP contribution is -1.96. The van der Waals surface area contributed by atoms with E-state index >= 15 is 0 Å². The number of aromatic nitrogens is 1. The van der Waals surface area contributed by atoms with Gasteiger partial charge in [-0.3, -0.25) is 4.98 Å². The van der Waals surface area contributed by atoms with Crippen LogP contribution in [0.4, 0.5) is 0 Å². The molecule has 0 aliphatic carbocycles. The van der Waals surface area contributed by atoms with Gasteiger partial charge in [-0.25, -0.2) is 0 Å². The molecule has 2 N–H and O–H groups in total. The van der Waals surface area contributed by atoms with Gasteiger partial charge in [0.1, 0.15) is 11.5 Å². The fraction of sp³-hybridized carbons (Fsp3) is 0.0833. The molecule has 3 nitrogen and oxygen atoms in total. The summed E-state index contributed by atoms with van der Waals surface area (Å²) in [6.45, 7) is 0.465. The summed E-state index contributed by atoms with van der Waals surface area (Å²) in [6.07, 6.45) is 3.32. The molecular weight excluding hydrogens is 224 g/mol. The highest BCUT2D eigenvalue weighted by molar-refractivity contribution is 6.32. The number of hydrogen-bond acceptors (Lipinski definition) is 3. The molecule has 1 heterocycles. The summed E-state index contributed by atoms with van der Waals surface area (Å²) in [5, 5.41) is 0.548. The van der Waals surface area contributed by atoms with Gasteiger partial charge in [0.15, 0.2) is 0 Å². The molecule has 0 amide bonds. The van der Waals surface area contributed by atoms with E-state index in [0.29, 0.717) is 23.1 Å². The van der Waals surface area contributed by atoms with E-state index in [2.05, 4.69) is 4.98 Å². The first-order chi connectivity index (χ1) is 7.79. The van der Waals surface area contributed by atoms with E-state index in [1.807, 2.05) is 12.1 Å². The van der Waals surface area contributed by atoms with Crippen LogP contribution >= 0.6 is 11.6 Å². The van der Waals surface area contributed by atoms with Crippen molar-refractivity contribution in [2.75, 3.05) is 0 Å². The molecule has 0 atom stereocenters. The van der Waals surface area contributed by atoms with Gasteiger partial charge < -0.3 is 10.5 Å². The van der Waals surface area contributed by atoms with Gasteiger partial charge in [0.2, 0.25) is 0 Å². The van der Waals surface area contributed by atoms with E-state index in [4.69, 9.17) is 22.1 Å². The highest BCUT2D eigenvalue weighted by atomic mass is 35.5. The lowest BCUT2D eigenvalue weighted by molar-refractivity contribution is 0.480. The average Bonchev–Trinajstić information content (AvgIpc) is 2.33. The third kappa shape index (κ3) is 2.51. The molecule has 0 unspecified atom stereocenters. The van der Waals surface area contributed by atoms with Crippen molar-refractivity contribution >= 4 is 11.6 Å². The second-order valence-electron chi connectivity index (χ2n) is 3.26. The molecule has 4 heteroatoms. The maximum Gasteiger partial charge on any atom is 0.146 e. The molecule has 1 aromatic carbocycles. The zero-order chi connectivity index (χ0) is 11.4. The fourth-order valence-electron chi connectivity index (χ4n) is 1.29. The van der Waals surface area contributed by atoms with E-state index < -0.39 is 0 Å². The van der Waals surface area contributed by atoms with Crippen LogP contribution in [0.2, 0.25) is 5.02 Å². The van der Waals surface area contributed by atoms with Crippen molar-refractivity contribution in [1.82, 2.24) is 4.98 Å². The SMILES string of the molecule is NCc1ccc(Oc2cccnc2)c(Cl)c1. The molecule has 1 aromatic heterocycles. The first-order valence-electron chi connectivity index (χ1n) is 4.86. The summed E-state index contributed by atoms with van der Waals surface area (Å²) >= 11 is 6.06. The Morgan fingerprint density at radius 3 is 2.81 bits per heavy atom. The Balaban J connectivity index is 2.22. The molecule has 0 aliphatic heterocycles. The van der Waals surface area contributed by atoms with Crippen LogP contribution in [0, 0.1) is 0 Å². The van der Waals surface area contributed by atoms with Crippen LogP contribution in [0.5, 0.6) is 11.5 Å². The van der Waals surface area contributed by atoms with Crippen LogP contribution in [0.25, 0.3) is 0 Å². The molecule has 82 valence electrons. The molecule has 0 saturated heterocycles. The number of hydrogen-bond donors (Lipinski definition) is 1. The Bertz CT molecular complexity index is 474. The highest BCUT2D eigenvalue weighted by Gasteiger charge is 2.03. The standard InChI is InChI=1S/C12H11ClN2O/c13-11-6-9(7-14)3-4-12(11)16-10-2-1-5-15-8-10/h1-6,8H,7,14H2. The summed E-state index contributed by atoms with van der Waals surface area (Å²) in [7, 11) is 0. The van der Waals surface area contributed by atoms with Gasteiger partial charge in [-0.1, -0.05) is 17.7 Å². The van der Waals surface area contributed by atoms with Crippen LogP contribution in [-0.2, 0) is 6.54 Å². The Labute approximate surface area is 98.8 Å². The predicted molar refractivity (Wildman–Crippen MR) is 63.7 cm³/mol. The summed E-state index contributed by atoms with van der Waals surface area (Å²) in [5.41, 5.74) is 6.49. The average molecular weight is 235 g/mol. The topological polar surface area (TPSA) is 48.1 Å². The first-order valence-corrected chi connectivity index (χ1v) is 5.24. The zero-order valence-corrected chi connectivity index (χ0v) is 9.32. The normalized spacial score (nSPS) is 10.1. The first kappa shape index (κ1) is 10.9. The molecule has 0 saturated carbocycles. The Hall–Kier alpha value is -1.58. The maximum absolute atomic E-state index is 6.06. The molecular formula is C12H11ClN2O. The van der Waals surface area contributed by atoms with Crippen molar-refractivity contribution in [3.63, 3.8) is 0 Å². The highest BCUT2D eigenvalue weighted by Crippen LogP contribution is 2.29. The van der Waals surface area contributed by atoms with Crippen LogP contribution in [0.15, 0.2) is 42.7 Å². The molecule has 2 aromatic rings. The van der Waals surface area contributed by atoms with E-state index in [-0.39, 0.29) is 0 Å². The van der Waals surface area contributed by atoms with Gasteiger partial charge in [0, 0.05) is 12.7 Å². The number of nitrogens with two attached hydrogens (primary N) is 1. The van der Waals surface area contributed by atoms with E-state index in [1.54, 1.807) is 30.6 Å². The van der Waals surface area contributed by atoms with Gasteiger partial charge in [0.25, 0.3) is 0 Å². The quantitative estimate of drug-likeness (QED) is 0.888. The second kappa shape index (κ2) is 4.96. The zero-order valence-electron chi connectivity index (χ0n) is 8.56. The lowest BCUT2D eigenvalue weighted by atomic mass is 10.2. The van der Waals surface area contributed by atoms with Crippen LogP contribution in [-0.4, -0.2) is 4.98 Å². The third-order valence-corrected chi connectivity index (χ3v) is 2.39. The van der Waals surface area contributed by atoms with Crippen LogP contribution in [0.3, 0.4) is 0 Å². The minimum Gasteiger partial charge on any atom is -0.454 e. The van der Waals surface area contributed by atoms with Gasteiger partial charge in [-0.15, -0.1) is 0 Å². The Kier molecular flexibility index (Phi) is 3.39. The van der Waals surface area contributed by atoms with Gasteiger partial charge >= 0.3 is 0 Å². The monoisotopic (exact) mass is 234 g/mol. The van der Waals surface area contributed by atoms with Crippen molar-refractivity contribution < 1.29 is 4.74 Å². The number of pyridine rings is 1. The van der Waals surface area contributed by atoms with Gasteiger partial charge in [0.05, 0.1) is 11.2 Å². The van der Waals surface area contributed by atoms with Crippen molar-refractivity contribution in [3.05, 3.63) is 53.3 Å². The van der Waals surface area contributed by atoms with E-state index in [9.17, 15) is 0 Å². The van der Waals surface area contributed by atoms with Gasteiger partial charge in [-0.05, 0) is 29.8 Å². The molecule has 0 aliphatic rings. The van der Waals surface area contributed by atoms with Gasteiger partial charge in [-0.2, -0.15) is 0 Å². The largest absolute Gasteiger partial charge is 0.454 e. The summed E-state index contributed by atoms with van der Waals surface area (Å²) in [6, 6.07) is 9.11. The molecule has 0 spiro atoms. The molecule has 0 radical (unpaired) electrons. The third-order valence-electron chi connectivity index (χ3n) is 2.09. The van der Waals surface area contributed by atoms with E-state index in [0.717, 1.165) is 5.56 Å². The van der Waals surface area contributed by atoms with Crippen molar-refractivity contribution in [2.24, 2.45) is 5.73 Å². The van der Waals surface area contributed by atoms with Crippen molar-refractivity contribution in [1.29, 1.82) is 0 Å². The smallest absolute Gasteiger partial charge is 0.146 e. The lowest BCUT2D eigenvalue weighted by Gasteiger charge is -2.07. The maximum atomic E-state index is 6.06. The minimum atomic E-state index is 0.465. The molecule has 2 rings (SSSR count). The molecule has 16 heavy (non-hydrogen) atoms. The van der Waals surface area contributed by atoms with Crippen LogP contribution < -0.4 is 10.5 Å². The fourth-order valence-corrected chi connectivity index (χ4v) is 1.53. The Morgan fingerprint density at radius 1 is 1.31 bits per heavy atom. The van der Waals surface area contributed by atoms with Crippen molar-refractivity contribution in [3.8, 4) is 11.5 Å². The molecule has 0 bridgehead atoms.